The van der Waals surface area contributed by atoms with Crippen LogP contribution in [0.5, 0.6) is 0 Å². The Morgan fingerprint density at radius 3 is 3.10 bits per heavy atom. The summed E-state index contributed by atoms with van der Waals surface area (Å²) in [6.07, 6.45) is 0.908. The molecule has 6 heteroatoms. The lowest BCUT2D eigenvalue weighted by Crippen LogP contribution is -2.45. The number of hydrogen-bond donors (Lipinski definition) is 2. The highest BCUT2D eigenvalue weighted by Crippen LogP contribution is 2.23. The Bertz CT molecular complexity index is 469. The third kappa shape index (κ3) is 3.77. The Kier molecular flexibility index (Phi) is 5.09. The van der Waals surface area contributed by atoms with Crippen LogP contribution in [0.15, 0.2) is 24.3 Å². The molecule has 20 heavy (non-hydrogen) atoms. The van der Waals surface area contributed by atoms with Gasteiger partial charge >= 0.3 is 6.03 Å². The summed E-state index contributed by atoms with van der Waals surface area (Å²) in [5.74, 6) is 0. The van der Waals surface area contributed by atoms with Crippen molar-refractivity contribution in [1.82, 2.24) is 10.2 Å². The number of nitrogens with zero attached hydrogens (tertiary/aromatic N) is 2. The molecule has 2 rings (SSSR count). The lowest BCUT2D eigenvalue weighted by molar-refractivity contribution is 0.188. The maximum atomic E-state index is 11.9. The second-order valence-electron chi connectivity index (χ2n) is 5.01. The summed E-state index contributed by atoms with van der Waals surface area (Å²) < 4.78 is 0. The van der Waals surface area contributed by atoms with Crippen molar-refractivity contribution in [3.63, 3.8) is 0 Å². The van der Waals surface area contributed by atoms with Gasteiger partial charge in [0.1, 0.15) is 0 Å². The molecule has 1 unspecified atom stereocenters. The van der Waals surface area contributed by atoms with Gasteiger partial charge in [0.25, 0.3) is 0 Å². The molecule has 2 N–H and O–H groups in total. The van der Waals surface area contributed by atoms with E-state index in [2.05, 4.69) is 10.2 Å². The van der Waals surface area contributed by atoms with Crippen LogP contribution in [0.3, 0.4) is 0 Å². The standard InChI is InChI=1S/C14H20ClN3O2/c1-17(7-8-19)14(20)16-12-5-6-18(10-12)13-4-2-3-11(15)9-13/h2-4,9,12,19H,5-8,10H2,1H3,(H,16,20). The first-order valence-electron chi connectivity index (χ1n) is 6.73. The number of aliphatic hydroxyl groups excluding tert-OH is 1. The number of nitrogens with one attached hydrogen (secondary N) is 1. The number of aliphatic hydroxyl groups is 1. The SMILES string of the molecule is CN(CCO)C(=O)NC1CCN(c2cccc(Cl)c2)C1. The molecule has 1 fully saturated rings. The van der Waals surface area contributed by atoms with E-state index in [1.54, 1.807) is 7.05 Å². The molecular weight excluding hydrogens is 278 g/mol. The van der Waals surface area contributed by atoms with E-state index in [1.807, 2.05) is 24.3 Å². The largest absolute Gasteiger partial charge is 0.395 e. The first kappa shape index (κ1) is 14.9. The van der Waals surface area contributed by atoms with Gasteiger partial charge in [-0.05, 0) is 24.6 Å². The van der Waals surface area contributed by atoms with Gasteiger partial charge in [-0.1, -0.05) is 17.7 Å². The van der Waals surface area contributed by atoms with Crippen LogP contribution in [-0.2, 0) is 0 Å². The van der Waals surface area contributed by atoms with Crippen LogP contribution < -0.4 is 10.2 Å². The zero-order chi connectivity index (χ0) is 14.5. The highest BCUT2D eigenvalue weighted by atomic mass is 35.5. The van der Waals surface area contributed by atoms with Gasteiger partial charge in [0.15, 0.2) is 0 Å². The quantitative estimate of drug-likeness (QED) is 0.887. The molecule has 5 nitrogen and oxygen atoms in total. The second-order valence-corrected chi connectivity index (χ2v) is 5.44. The van der Waals surface area contributed by atoms with Crippen molar-refractivity contribution in [2.24, 2.45) is 0 Å². The molecule has 1 aliphatic rings. The summed E-state index contributed by atoms with van der Waals surface area (Å²) in [6, 6.07) is 7.72. The molecule has 1 heterocycles. The number of urea groups is 1. The molecule has 1 aromatic rings. The van der Waals surface area contributed by atoms with Crippen LogP contribution in [0, 0.1) is 0 Å². The number of rotatable bonds is 4. The van der Waals surface area contributed by atoms with Gasteiger partial charge in [-0.2, -0.15) is 0 Å². The number of likely N-dealkylation sites (N-methyl/N-ethyl adjacent to an activating group) is 1. The van der Waals surface area contributed by atoms with Gasteiger partial charge in [-0.3, -0.25) is 0 Å². The summed E-state index contributed by atoms with van der Waals surface area (Å²) in [4.78, 5) is 15.5. The minimum atomic E-state index is -0.142. The van der Waals surface area contributed by atoms with E-state index in [1.165, 1.54) is 4.90 Å². The topological polar surface area (TPSA) is 55.8 Å². The van der Waals surface area contributed by atoms with Crippen LogP contribution in [0.1, 0.15) is 6.42 Å². The molecule has 1 aliphatic heterocycles. The van der Waals surface area contributed by atoms with Crippen molar-refractivity contribution in [1.29, 1.82) is 0 Å². The monoisotopic (exact) mass is 297 g/mol. The Hall–Kier alpha value is -1.46. The lowest BCUT2D eigenvalue weighted by Gasteiger charge is -2.21. The number of amides is 2. The lowest BCUT2D eigenvalue weighted by atomic mass is 10.3. The highest BCUT2D eigenvalue weighted by molar-refractivity contribution is 6.30. The number of halogens is 1. The minimum absolute atomic E-state index is 0.0246. The summed E-state index contributed by atoms with van der Waals surface area (Å²) in [5.41, 5.74) is 1.08. The summed E-state index contributed by atoms with van der Waals surface area (Å²) in [5, 5.41) is 12.5. The number of carbonyl (C=O) groups excluding carboxylic acids is 1. The summed E-state index contributed by atoms with van der Waals surface area (Å²) in [6.45, 7) is 1.99. The van der Waals surface area contributed by atoms with Gasteiger partial charge < -0.3 is 20.2 Å². The van der Waals surface area contributed by atoms with Crippen molar-refractivity contribution in [3.8, 4) is 0 Å². The fourth-order valence-corrected chi connectivity index (χ4v) is 2.51. The molecule has 0 saturated carbocycles. The van der Waals surface area contributed by atoms with Crippen LogP contribution in [0.25, 0.3) is 0 Å². The van der Waals surface area contributed by atoms with Crippen LogP contribution in [-0.4, -0.2) is 55.4 Å². The van der Waals surface area contributed by atoms with E-state index in [0.29, 0.717) is 6.54 Å². The molecule has 0 spiro atoms. The molecule has 0 radical (unpaired) electrons. The Morgan fingerprint density at radius 2 is 2.40 bits per heavy atom. The van der Waals surface area contributed by atoms with Gasteiger partial charge in [0.05, 0.1) is 6.61 Å². The Morgan fingerprint density at radius 1 is 1.60 bits per heavy atom. The number of anilines is 1. The third-order valence-electron chi connectivity index (χ3n) is 3.47. The van der Waals surface area contributed by atoms with Crippen molar-refractivity contribution in [3.05, 3.63) is 29.3 Å². The molecule has 2 amide bonds. The van der Waals surface area contributed by atoms with Crippen molar-refractivity contribution >= 4 is 23.3 Å². The van der Waals surface area contributed by atoms with Gasteiger partial charge in [-0.25, -0.2) is 4.79 Å². The smallest absolute Gasteiger partial charge is 0.317 e. The van der Waals surface area contributed by atoms with E-state index in [0.717, 1.165) is 30.2 Å². The van der Waals surface area contributed by atoms with E-state index in [-0.39, 0.29) is 18.7 Å². The maximum absolute atomic E-state index is 11.9. The average Bonchev–Trinajstić information content (AvgIpc) is 2.87. The molecule has 1 atom stereocenters. The molecule has 1 saturated heterocycles. The van der Waals surface area contributed by atoms with E-state index in [9.17, 15) is 4.79 Å². The number of benzene rings is 1. The normalized spacial score (nSPS) is 18.1. The summed E-state index contributed by atoms with van der Waals surface area (Å²) in [7, 11) is 1.68. The summed E-state index contributed by atoms with van der Waals surface area (Å²) >= 11 is 5.99. The average molecular weight is 298 g/mol. The van der Waals surface area contributed by atoms with Gasteiger partial charge in [0.2, 0.25) is 0 Å². The molecule has 0 bridgehead atoms. The third-order valence-corrected chi connectivity index (χ3v) is 3.71. The van der Waals surface area contributed by atoms with E-state index < -0.39 is 0 Å². The maximum Gasteiger partial charge on any atom is 0.317 e. The van der Waals surface area contributed by atoms with Crippen LogP contribution >= 0.6 is 11.6 Å². The van der Waals surface area contributed by atoms with E-state index in [4.69, 9.17) is 16.7 Å². The zero-order valence-electron chi connectivity index (χ0n) is 11.6. The number of hydrogen-bond acceptors (Lipinski definition) is 3. The molecular formula is C14H20ClN3O2. The zero-order valence-corrected chi connectivity index (χ0v) is 12.3. The molecule has 0 aliphatic carbocycles. The van der Waals surface area contributed by atoms with Crippen molar-refractivity contribution < 1.29 is 9.90 Å². The van der Waals surface area contributed by atoms with Crippen molar-refractivity contribution in [2.75, 3.05) is 38.2 Å². The van der Waals surface area contributed by atoms with Crippen LogP contribution in [0.2, 0.25) is 5.02 Å². The predicted molar refractivity (Wildman–Crippen MR) is 80.3 cm³/mol. The second kappa shape index (κ2) is 6.81. The van der Waals surface area contributed by atoms with E-state index >= 15 is 0 Å². The fourth-order valence-electron chi connectivity index (χ4n) is 2.32. The van der Waals surface area contributed by atoms with Gasteiger partial charge in [-0.15, -0.1) is 0 Å². The highest BCUT2D eigenvalue weighted by Gasteiger charge is 2.25. The van der Waals surface area contributed by atoms with Crippen LogP contribution in [0.4, 0.5) is 10.5 Å². The van der Waals surface area contributed by atoms with Gasteiger partial charge in [0, 0.05) is 43.4 Å². The molecule has 0 aromatic heterocycles. The Labute approximate surface area is 124 Å². The minimum Gasteiger partial charge on any atom is -0.395 e. The molecule has 1 aromatic carbocycles. The fraction of sp³-hybridized carbons (Fsp3) is 0.500. The first-order chi connectivity index (χ1) is 9.60. The molecule has 110 valence electrons. The number of carbonyl (C=O) groups is 1. The Balaban J connectivity index is 1.88. The predicted octanol–water partition coefficient (Wildman–Crippen LogP) is 1.55. The van der Waals surface area contributed by atoms with Crippen molar-refractivity contribution in [2.45, 2.75) is 12.5 Å². The first-order valence-corrected chi connectivity index (χ1v) is 7.11.